The number of fused-ring (bicyclic) bond motifs is 1. The first kappa shape index (κ1) is 21.2. The van der Waals surface area contributed by atoms with Gasteiger partial charge in [0.25, 0.3) is 0 Å². The Bertz CT molecular complexity index is 1190. The molecule has 32 heavy (non-hydrogen) atoms. The fraction of sp³-hybridized carbons (Fsp3) is 0.364. The number of aryl methyl sites for hydroxylation is 1. The summed E-state index contributed by atoms with van der Waals surface area (Å²) in [6.07, 6.45) is 5.34. The molecule has 3 aromatic heterocycles. The summed E-state index contributed by atoms with van der Waals surface area (Å²) < 4.78 is 1.81. The highest BCUT2D eigenvalue weighted by atomic mass is 16.2. The van der Waals surface area contributed by atoms with Gasteiger partial charge in [-0.15, -0.1) is 0 Å². The second-order valence-electron chi connectivity index (χ2n) is 8.18. The Morgan fingerprint density at radius 1 is 1.31 bits per heavy atom. The Morgan fingerprint density at radius 3 is 2.88 bits per heavy atom. The van der Waals surface area contributed by atoms with Gasteiger partial charge in [-0.25, -0.2) is 9.97 Å². The molecule has 0 bridgehead atoms. The van der Waals surface area contributed by atoms with Crippen molar-refractivity contribution >= 4 is 23.4 Å². The predicted molar refractivity (Wildman–Crippen MR) is 120 cm³/mol. The first-order chi connectivity index (χ1) is 15.4. The molecule has 0 aromatic carbocycles. The Kier molecular flexibility index (Phi) is 5.73. The van der Waals surface area contributed by atoms with Crippen LogP contribution in [-0.4, -0.2) is 43.7 Å². The van der Waals surface area contributed by atoms with E-state index < -0.39 is 0 Å². The van der Waals surface area contributed by atoms with Crippen LogP contribution in [0.1, 0.15) is 36.4 Å². The molecule has 3 aromatic rings. The zero-order valence-electron chi connectivity index (χ0n) is 18.5. The van der Waals surface area contributed by atoms with E-state index in [2.05, 4.69) is 30.7 Å². The van der Waals surface area contributed by atoms with Crippen molar-refractivity contribution in [1.29, 1.82) is 5.26 Å². The van der Waals surface area contributed by atoms with E-state index in [1.54, 1.807) is 18.5 Å². The molecule has 2 N–H and O–H groups in total. The number of carbonyl (C=O) groups is 1. The molecule has 0 saturated heterocycles. The van der Waals surface area contributed by atoms with E-state index in [9.17, 15) is 4.79 Å². The number of carbonyl (C=O) groups excluding carboxylic acids is 1. The number of nitrogens with zero attached hydrogens (tertiary/aromatic N) is 7. The van der Waals surface area contributed by atoms with E-state index in [-0.39, 0.29) is 17.9 Å². The second kappa shape index (κ2) is 8.63. The number of anilines is 3. The molecule has 164 valence electrons. The maximum atomic E-state index is 12.5. The number of nitriles is 1. The van der Waals surface area contributed by atoms with Crippen LogP contribution in [0, 0.1) is 24.2 Å². The molecule has 10 nitrogen and oxygen atoms in total. The lowest BCUT2D eigenvalue weighted by atomic mass is 9.99. The number of nitrogens with one attached hydrogen (secondary N) is 2. The maximum Gasteiger partial charge on any atom is 0.247 e. The fourth-order valence-corrected chi connectivity index (χ4v) is 3.88. The molecule has 1 unspecified atom stereocenters. The van der Waals surface area contributed by atoms with Gasteiger partial charge < -0.3 is 15.5 Å². The minimum absolute atomic E-state index is 0.0362. The van der Waals surface area contributed by atoms with Crippen molar-refractivity contribution in [2.24, 2.45) is 5.92 Å². The lowest BCUT2D eigenvalue weighted by Crippen LogP contribution is -2.49. The van der Waals surface area contributed by atoms with E-state index in [1.807, 2.05) is 55.7 Å². The average molecular weight is 432 g/mol. The zero-order valence-corrected chi connectivity index (χ0v) is 18.5. The van der Waals surface area contributed by atoms with Gasteiger partial charge in [-0.3, -0.25) is 9.48 Å². The molecule has 0 radical (unpaired) electrons. The topological polar surface area (TPSA) is 125 Å². The van der Waals surface area contributed by atoms with Crippen molar-refractivity contribution in [3.63, 3.8) is 0 Å². The molecular formula is C22H25N9O. The Balaban J connectivity index is 1.46. The third-order valence-electron chi connectivity index (χ3n) is 5.39. The largest absolute Gasteiger partial charge is 0.350 e. The van der Waals surface area contributed by atoms with Crippen LogP contribution in [0.2, 0.25) is 0 Å². The first-order valence-corrected chi connectivity index (χ1v) is 10.4. The summed E-state index contributed by atoms with van der Waals surface area (Å²) in [6, 6.07) is 5.38. The number of rotatable bonds is 6. The summed E-state index contributed by atoms with van der Waals surface area (Å²) in [4.78, 5) is 27.5. The van der Waals surface area contributed by atoms with Gasteiger partial charge in [0.15, 0.2) is 5.82 Å². The normalized spacial score (nSPS) is 15.3. The molecule has 1 atom stereocenters. The number of aromatic nitrogens is 5. The van der Waals surface area contributed by atoms with Crippen LogP contribution in [0.5, 0.6) is 0 Å². The van der Waals surface area contributed by atoms with Crippen molar-refractivity contribution in [2.45, 2.75) is 39.9 Å². The quantitative estimate of drug-likeness (QED) is 0.609. The molecule has 1 aliphatic heterocycles. The van der Waals surface area contributed by atoms with Crippen molar-refractivity contribution in [2.75, 3.05) is 22.6 Å². The van der Waals surface area contributed by atoms with Crippen molar-refractivity contribution in [3.05, 3.63) is 53.2 Å². The van der Waals surface area contributed by atoms with Gasteiger partial charge in [0.2, 0.25) is 11.9 Å². The van der Waals surface area contributed by atoms with Crippen LogP contribution in [0.3, 0.4) is 0 Å². The van der Waals surface area contributed by atoms with Gasteiger partial charge in [-0.1, -0.05) is 13.8 Å². The van der Waals surface area contributed by atoms with Crippen LogP contribution in [0.25, 0.3) is 0 Å². The number of hydrogen-bond donors (Lipinski definition) is 2. The van der Waals surface area contributed by atoms with Crippen molar-refractivity contribution in [1.82, 2.24) is 24.7 Å². The van der Waals surface area contributed by atoms with Gasteiger partial charge in [-0.2, -0.15) is 15.3 Å². The molecular weight excluding hydrogens is 406 g/mol. The molecule has 0 saturated carbocycles. The van der Waals surface area contributed by atoms with Crippen LogP contribution in [0.15, 0.2) is 30.7 Å². The molecule has 0 spiro atoms. The number of pyridine rings is 1. The second-order valence-corrected chi connectivity index (χ2v) is 8.18. The lowest BCUT2D eigenvalue weighted by molar-refractivity contribution is -0.118. The van der Waals surface area contributed by atoms with Gasteiger partial charge in [0, 0.05) is 31.5 Å². The summed E-state index contributed by atoms with van der Waals surface area (Å²) in [7, 11) is 1.89. The number of amides is 1. The highest BCUT2D eigenvalue weighted by molar-refractivity contribution is 6.03. The number of hydrogen-bond acceptors (Lipinski definition) is 8. The molecule has 1 amide bonds. The third kappa shape index (κ3) is 4.23. The Morgan fingerprint density at radius 2 is 2.12 bits per heavy atom. The first-order valence-electron chi connectivity index (χ1n) is 10.4. The monoisotopic (exact) mass is 431 g/mol. The molecule has 0 fully saturated rings. The standard InChI is InChI=1S/C22H25N9O/c1-13(2)19-21(32)28-18-14(3)27-22(29-20(18)30(19)4)25-9-16-10-26-31(12-16)11-15-5-6-24-17(7-15)8-23/h5-7,10,12-13,19H,9,11H2,1-4H3,(H,28,32)(H,25,27,29). The van der Waals surface area contributed by atoms with E-state index in [0.29, 0.717) is 41.9 Å². The summed E-state index contributed by atoms with van der Waals surface area (Å²) in [5.41, 5.74) is 3.68. The molecule has 1 aliphatic rings. The summed E-state index contributed by atoms with van der Waals surface area (Å²) in [5, 5.41) is 19.6. The fourth-order valence-electron chi connectivity index (χ4n) is 3.88. The zero-order chi connectivity index (χ0) is 22.8. The van der Waals surface area contributed by atoms with Gasteiger partial charge in [0.05, 0.1) is 18.4 Å². The maximum absolute atomic E-state index is 12.5. The summed E-state index contributed by atoms with van der Waals surface area (Å²) >= 11 is 0. The SMILES string of the molecule is Cc1nc(NCc2cnn(Cc3ccnc(C#N)c3)c2)nc2c1NC(=O)C(C(C)C)N2C. The molecule has 10 heteroatoms. The van der Waals surface area contributed by atoms with Gasteiger partial charge in [0.1, 0.15) is 23.5 Å². The van der Waals surface area contributed by atoms with Crippen molar-refractivity contribution in [3.8, 4) is 6.07 Å². The van der Waals surface area contributed by atoms with E-state index >= 15 is 0 Å². The summed E-state index contributed by atoms with van der Waals surface area (Å²) in [6.45, 7) is 6.94. The van der Waals surface area contributed by atoms with E-state index in [0.717, 1.165) is 11.1 Å². The van der Waals surface area contributed by atoms with E-state index in [1.165, 1.54) is 0 Å². The van der Waals surface area contributed by atoms with Crippen LogP contribution < -0.4 is 15.5 Å². The van der Waals surface area contributed by atoms with Crippen molar-refractivity contribution < 1.29 is 4.79 Å². The minimum atomic E-state index is -0.280. The van der Waals surface area contributed by atoms with Gasteiger partial charge in [-0.05, 0) is 30.5 Å². The average Bonchev–Trinajstić information content (AvgIpc) is 3.20. The van der Waals surface area contributed by atoms with Crippen LogP contribution in [-0.2, 0) is 17.9 Å². The Labute approximate surface area is 186 Å². The van der Waals surface area contributed by atoms with Crippen LogP contribution in [0.4, 0.5) is 17.5 Å². The van der Waals surface area contributed by atoms with Crippen LogP contribution >= 0.6 is 0 Å². The smallest absolute Gasteiger partial charge is 0.247 e. The number of likely N-dealkylation sites (N-methyl/N-ethyl adjacent to an activating group) is 1. The Hall–Kier alpha value is -4.00. The predicted octanol–water partition coefficient (Wildman–Crippen LogP) is 2.32. The molecule has 4 rings (SSSR count). The molecule has 4 heterocycles. The molecule has 0 aliphatic carbocycles. The highest BCUT2D eigenvalue weighted by Gasteiger charge is 2.35. The van der Waals surface area contributed by atoms with E-state index in [4.69, 9.17) is 5.26 Å². The third-order valence-corrected chi connectivity index (χ3v) is 5.39. The highest BCUT2D eigenvalue weighted by Crippen LogP contribution is 2.34. The summed E-state index contributed by atoms with van der Waals surface area (Å²) in [5.74, 6) is 1.31. The van der Waals surface area contributed by atoms with Gasteiger partial charge >= 0.3 is 0 Å². The lowest BCUT2D eigenvalue weighted by Gasteiger charge is -2.36. The minimum Gasteiger partial charge on any atom is -0.350 e.